The van der Waals surface area contributed by atoms with Crippen LogP contribution >= 0.6 is 11.3 Å². The molecule has 2 heterocycles. The fourth-order valence-corrected chi connectivity index (χ4v) is 5.20. The molecular weight excluding hydrogens is 280 g/mol. The van der Waals surface area contributed by atoms with Crippen LogP contribution in [0, 0.1) is 5.41 Å². The van der Waals surface area contributed by atoms with Gasteiger partial charge in [-0.2, -0.15) is 4.31 Å². The minimum Gasteiger partial charge on any atom is -0.206 e. The van der Waals surface area contributed by atoms with Crippen molar-refractivity contribution in [3.05, 3.63) is 17.5 Å². The summed E-state index contributed by atoms with van der Waals surface area (Å²) in [6.45, 7) is 0.408. The average molecular weight is 293 g/mol. The minimum atomic E-state index is -3.47. The van der Waals surface area contributed by atoms with Gasteiger partial charge in [-0.25, -0.2) is 17.2 Å². The number of thiophene rings is 1. The highest BCUT2D eigenvalue weighted by molar-refractivity contribution is 7.91. The van der Waals surface area contributed by atoms with E-state index in [4.69, 9.17) is 0 Å². The Bertz CT molecular complexity index is 546. The third kappa shape index (κ3) is 1.71. The largest absolute Gasteiger partial charge is 0.254 e. The van der Waals surface area contributed by atoms with E-state index in [2.05, 4.69) is 0 Å². The third-order valence-electron chi connectivity index (χ3n) is 3.98. The first-order chi connectivity index (χ1) is 8.37. The van der Waals surface area contributed by atoms with Crippen LogP contribution in [0.4, 0.5) is 8.78 Å². The highest BCUT2D eigenvalue weighted by atomic mass is 32.2. The Morgan fingerprint density at radius 2 is 1.89 bits per heavy atom. The molecule has 0 bridgehead atoms. The monoisotopic (exact) mass is 293 g/mol. The van der Waals surface area contributed by atoms with E-state index in [1.54, 1.807) is 17.5 Å². The van der Waals surface area contributed by atoms with Crippen molar-refractivity contribution in [2.24, 2.45) is 5.41 Å². The van der Waals surface area contributed by atoms with Crippen molar-refractivity contribution in [2.75, 3.05) is 13.1 Å². The Morgan fingerprint density at radius 3 is 2.33 bits per heavy atom. The van der Waals surface area contributed by atoms with Gasteiger partial charge in [0, 0.05) is 24.9 Å². The Balaban J connectivity index is 1.74. The zero-order valence-electron chi connectivity index (χ0n) is 9.60. The Morgan fingerprint density at radius 1 is 1.28 bits per heavy atom. The molecule has 0 amide bonds. The van der Waals surface area contributed by atoms with Gasteiger partial charge in [-0.1, -0.05) is 6.07 Å². The Hall–Kier alpha value is -0.530. The first-order valence-corrected chi connectivity index (χ1v) is 8.11. The minimum absolute atomic E-state index is 0.0765. The fraction of sp³-hybridized carbons (Fsp3) is 0.636. The summed E-state index contributed by atoms with van der Waals surface area (Å²) in [5, 5.41) is 1.70. The maximum Gasteiger partial charge on any atom is 0.254 e. The molecule has 3 nitrogen and oxygen atoms in total. The van der Waals surface area contributed by atoms with Gasteiger partial charge in [0.05, 0.1) is 0 Å². The number of hydrogen-bond donors (Lipinski definition) is 0. The maximum absolute atomic E-state index is 13.2. The third-order valence-corrected chi connectivity index (χ3v) is 7.25. The van der Waals surface area contributed by atoms with Crippen molar-refractivity contribution in [3.63, 3.8) is 0 Å². The molecule has 0 unspecified atom stereocenters. The predicted octanol–water partition coefficient (Wildman–Crippen LogP) is 2.56. The van der Waals surface area contributed by atoms with Crippen LogP contribution in [-0.4, -0.2) is 31.7 Å². The van der Waals surface area contributed by atoms with Crippen LogP contribution in [0.25, 0.3) is 0 Å². The lowest BCUT2D eigenvalue weighted by atomic mass is 9.94. The molecule has 2 aliphatic rings. The second kappa shape index (κ2) is 3.74. The summed E-state index contributed by atoms with van der Waals surface area (Å²) in [6, 6.07) is 3.23. The molecule has 1 saturated heterocycles. The van der Waals surface area contributed by atoms with Crippen LogP contribution in [-0.2, 0) is 10.0 Å². The van der Waals surface area contributed by atoms with E-state index in [0.717, 1.165) is 11.3 Å². The molecule has 0 atom stereocenters. The zero-order chi connectivity index (χ0) is 13.0. The van der Waals surface area contributed by atoms with Gasteiger partial charge in [0.1, 0.15) is 4.21 Å². The molecule has 1 aliphatic carbocycles. The van der Waals surface area contributed by atoms with E-state index >= 15 is 0 Å². The molecule has 2 fully saturated rings. The summed E-state index contributed by atoms with van der Waals surface area (Å²) in [6.07, 6.45) is 0.460. The summed E-state index contributed by atoms with van der Waals surface area (Å²) in [4.78, 5) is 0. The Labute approximate surface area is 108 Å². The Kier molecular flexibility index (Phi) is 2.60. The number of sulfonamides is 1. The first-order valence-electron chi connectivity index (χ1n) is 5.79. The normalized spacial score (nSPS) is 26.3. The van der Waals surface area contributed by atoms with Gasteiger partial charge in [0.2, 0.25) is 0 Å². The summed E-state index contributed by atoms with van der Waals surface area (Å²) >= 11 is 1.16. The highest BCUT2D eigenvalue weighted by Crippen LogP contribution is 2.66. The van der Waals surface area contributed by atoms with Gasteiger partial charge in [-0.15, -0.1) is 11.3 Å². The van der Waals surface area contributed by atoms with Crippen molar-refractivity contribution >= 4 is 21.4 Å². The average Bonchev–Trinajstić information content (AvgIpc) is 2.75. The van der Waals surface area contributed by atoms with Crippen molar-refractivity contribution in [1.82, 2.24) is 4.31 Å². The van der Waals surface area contributed by atoms with Crippen molar-refractivity contribution in [2.45, 2.75) is 29.4 Å². The van der Waals surface area contributed by atoms with Gasteiger partial charge in [0.15, 0.2) is 0 Å². The number of rotatable bonds is 2. The SMILES string of the molecule is O=S(=O)(c1cccs1)N1CCC2(CC1)CC2(F)F. The van der Waals surface area contributed by atoms with E-state index in [-0.39, 0.29) is 32.4 Å². The van der Waals surface area contributed by atoms with Crippen LogP contribution < -0.4 is 0 Å². The lowest BCUT2D eigenvalue weighted by Crippen LogP contribution is -2.40. The quantitative estimate of drug-likeness (QED) is 0.840. The van der Waals surface area contributed by atoms with E-state index in [9.17, 15) is 17.2 Å². The molecule has 1 aliphatic heterocycles. The molecule has 1 saturated carbocycles. The lowest BCUT2D eigenvalue weighted by molar-refractivity contribution is 0.0426. The van der Waals surface area contributed by atoms with Crippen LogP contribution in [0.15, 0.2) is 21.7 Å². The molecule has 1 aromatic heterocycles. The topological polar surface area (TPSA) is 37.4 Å². The van der Waals surface area contributed by atoms with E-state index in [1.807, 2.05) is 0 Å². The highest BCUT2D eigenvalue weighted by Gasteiger charge is 2.70. The summed E-state index contributed by atoms with van der Waals surface area (Å²) in [5.41, 5.74) is -0.908. The fourth-order valence-electron chi connectivity index (χ4n) is 2.62. The number of nitrogens with zero attached hydrogens (tertiary/aromatic N) is 1. The smallest absolute Gasteiger partial charge is 0.206 e. The van der Waals surface area contributed by atoms with E-state index in [0.29, 0.717) is 4.21 Å². The van der Waals surface area contributed by atoms with E-state index < -0.39 is 21.4 Å². The predicted molar refractivity (Wildman–Crippen MR) is 64.3 cm³/mol. The maximum atomic E-state index is 13.2. The van der Waals surface area contributed by atoms with Crippen molar-refractivity contribution in [3.8, 4) is 0 Å². The number of alkyl halides is 2. The summed E-state index contributed by atoms with van der Waals surface area (Å²) in [5.74, 6) is -2.58. The second-order valence-corrected chi connectivity index (χ2v) is 8.11. The number of hydrogen-bond acceptors (Lipinski definition) is 3. The molecule has 0 N–H and O–H groups in total. The van der Waals surface area contributed by atoms with Crippen LogP contribution in [0.1, 0.15) is 19.3 Å². The van der Waals surface area contributed by atoms with Crippen LogP contribution in [0.3, 0.4) is 0 Å². The summed E-state index contributed by atoms with van der Waals surface area (Å²) in [7, 11) is -3.47. The standard InChI is InChI=1S/C11H13F2NO2S2/c12-11(13)8-10(11)3-5-14(6-4-10)18(15,16)9-2-1-7-17-9/h1-2,7H,3-6,8H2. The molecule has 18 heavy (non-hydrogen) atoms. The second-order valence-electron chi connectivity index (χ2n) is 5.00. The van der Waals surface area contributed by atoms with Gasteiger partial charge in [-0.3, -0.25) is 0 Å². The van der Waals surface area contributed by atoms with E-state index in [1.165, 1.54) is 4.31 Å². The van der Waals surface area contributed by atoms with Gasteiger partial charge in [0.25, 0.3) is 15.9 Å². The van der Waals surface area contributed by atoms with Gasteiger partial charge < -0.3 is 0 Å². The van der Waals surface area contributed by atoms with Crippen molar-refractivity contribution in [1.29, 1.82) is 0 Å². The number of piperidine rings is 1. The van der Waals surface area contributed by atoms with Gasteiger partial charge in [-0.05, 0) is 24.3 Å². The lowest BCUT2D eigenvalue weighted by Gasteiger charge is -2.30. The molecule has 0 radical (unpaired) electrons. The first kappa shape index (κ1) is 12.5. The van der Waals surface area contributed by atoms with Gasteiger partial charge >= 0.3 is 0 Å². The molecule has 1 aromatic rings. The molecule has 0 aromatic carbocycles. The summed E-state index contributed by atoms with van der Waals surface area (Å²) < 4.78 is 52.4. The molecule has 7 heteroatoms. The molecular formula is C11H13F2NO2S2. The zero-order valence-corrected chi connectivity index (χ0v) is 11.2. The molecule has 100 valence electrons. The van der Waals surface area contributed by atoms with Crippen LogP contribution in [0.5, 0.6) is 0 Å². The molecule has 1 spiro atoms. The van der Waals surface area contributed by atoms with Crippen molar-refractivity contribution < 1.29 is 17.2 Å². The number of halogens is 2. The molecule has 3 rings (SSSR count). The van der Waals surface area contributed by atoms with Crippen LogP contribution in [0.2, 0.25) is 0 Å².